The highest BCUT2D eigenvalue weighted by atomic mass is 35.5. The fraction of sp³-hybridized carbons (Fsp3) is 0.478. The Kier molecular flexibility index (Phi) is 8.53. The number of benzene rings is 2. The zero-order chi connectivity index (χ0) is 19.8. The smallest absolute Gasteiger partial charge is 0.0790 e. The van der Waals surface area contributed by atoms with Crippen molar-refractivity contribution >= 4 is 29.1 Å². The molecular formula is C23H31ClN2OS. The van der Waals surface area contributed by atoms with Gasteiger partial charge in [0.15, 0.2) is 0 Å². The summed E-state index contributed by atoms with van der Waals surface area (Å²) in [6.07, 6.45) is 2.60. The number of halogens is 1. The van der Waals surface area contributed by atoms with Crippen molar-refractivity contribution in [2.24, 2.45) is 0 Å². The molecule has 3 nitrogen and oxygen atoms in total. The van der Waals surface area contributed by atoms with Crippen molar-refractivity contribution in [2.75, 3.05) is 43.4 Å². The van der Waals surface area contributed by atoms with Gasteiger partial charge in [-0.1, -0.05) is 42.8 Å². The van der Waals surface area contributed by atoms with E-state index in [-0.39, 0.29) is 0 Å². The third-order valence-corrected chi connectivity index (χ3v) is 6.77. The molecule has 5 heteroatoms. The maximum atomic E-state index is 10.4. The van der Waals surface area contributed by atoms with E-state index in [4.69, 9.17) is 11.6 Å². The first kappa shape index (κ1) is 21.5. The van der Waals surface area contributed by atoms with E-state index in [1.165, 1.54) is 22.8 Å². The van der Waals surface area contributed by atoms with Gasteiger partial charge in [0.1, 0.15) is 0 Å². The molecule has 0 amide bonds. The molecule has 1 fully saturated rings. The number of thioether (sulfide) groups is 1. The molecule has 28 heavy (non-hydrogen) atoms. The summed E-state index contributed by atoms with van der Waals surface area (Å²) in [7, 11) is 0. The van der Waals surface area contributed by atoms with Gasteiger partial charge in [-0.15, -0.1) is 11.8 Å². The van der Waals surface area contributed by atoms with Gasteiger partial charge in [0, 0.05) is 36.1 Å². The van der Waals surface area contributed by atoms with E-state index in [0.717, 1.165) is 51.1 Å². The van der Waals surface area contributed by atoms with Gasteiger partial charge in [-0.25, -0.2) is 0 Å². The van der Waals surface area contributed by atoms with Crippen LogP contribution in [-0.2, 0) is 0 Å². The first-order chi connectivity index (χ1) is 13.7. The summed E-state index contributed by atoms with van der Waals surface area (Å²) >= 11 is 7.89. The van der Waals surface area contributed by atoms with Crippen LogP contribution in [0.4, 0.5) is 5.69 Å². The monoisotopic (exact) mass is 418 g/mol. The summed E-state index contributed by atoms with van der Waals surface area (Å²) in [5.41, 5.74) is 2.34. The number of piperazine rings is 1. The molecule has 0 bridgehead atoms. The predicted octanol–water partition coefficient (Wildman–Crippen LogP) is 5.48. The number of hydrogen-bond acceptors (Lipinski definition) is 4. The number of para-hydroxylation sites is 1. The molecule has 1 heterocycles. The van der Waals surface area contributed by atoms with Crippen LogP contribution in [0.3, 0.4) is 0 Å². The van der Waals surface area contributed by atoms with Gasteiger partial charge in [-0.3, -0.25) is 4.90 Å². The standard InChI is InChI=1S/C23H31ClN2OS/c1-2-18-28-23-8-4-3-6-21(23)26-16-14-25(15-17-26)13-5-7-22(27)19-9-11-20(24)12-10-19/h3-4,6,8-12,22,27H,2,5,7,13-18H2,1H3/t22-/m0/s1. The van der Waals surface area contributed by atoms with Gasteiger partial charge in [0.25, 0.3) is 0 Å². The van der Waals surface area contributed by atoms with Crippen LogP contribution in [0.1, 0.15) is 37.9 Å². The number of anilines is 1. The Hall–Kier alpha value is -1.20. The normalized spacial score (nSPS) is 16.3. The number of hydrogen-bond donors (Lipinski definition) is 1. The zero-order valence-electron chi connectivity index (χ0n) is 16.7. The molecule has 0 radical (unpaired) electrons. The third-order valence-electron chi connectivity index (χ3n) is 5.25. The summed E-state index contributed by atoms with van der Waals surface area (Å²) in [5.74, 6) is 1.17. The SMILES string of the molecule is CCCSc1ccccc1N1CCN(CCC[C@H](O)c2ccc(Cl)cc2)CC1. The van der Waals surface area contributed by atoms with Gasteiger partial charge < -0.3 is 10.0 Å². The largest absolute Gasteiger partial charge is 0.388 e. The molecule has 2 aromatic rings. The molecule has 0 unspecified atom stereocenters. The zero-order valence-corrected chi connectivity index (χ0v) is 18.3. The van der Waals surface area contributed by atoms with Crippen LogP contribution < -0.4 is 4.90 Å². The first-order valence-electron chi connectivity index (χ1n) is 10.3. The van der Waals surface area contributed by atoms with Crippen LogP contribution in [0.2, 0.25) is 5.02 Å². The molecule has 0 aliphatic carbocycles. The van der Waals surface area contributed by atoms with Crippen LogP contribution in [-0.4, -0.2) is 48.5 Å². The molecule has 1 aliphatic heterocycles. The highest BCUT2D eigenvalue weighted by molar-refractivity contribution is 7.99. The Morgan fingerprint density at radius 1 is 1.04 bits per heavy atom. The van der Waals surface area contributed by atoms with Crippen LogP contribution in [0.25, 0.3) is 0 Å². The summed E-state index contributed by atoms with van der Waals surface area (Å²) in [6.45, 7) is 7.60. The first-order valence-corrected chi connectivity index (χ1v) is 11.7. The van der Waals surface area contributed by atoms with Crippen LogP contribution in [0, 0.1) is 0 Å². The Morgan fingerprint density at radius 2 is 1.75 bits per heavy atom. The molecule has 2 aromatic carbocycles. The quantitative estimate of drug-likeness (QED) is 0.545. The molecule has 1 N–H and O–H groups in total. The van der Waals surface area contributed by atoms with E-state index >= 15 is 0 Å². The van der Waals surface area contributed by atoms with E-state index in [2.05, 4.69) is 41.0 Å². The Labute approximate surface area is 178 Å². The van der Waals surface area contributed by atoms with Crippen LogP contribution in [0.15, 0.2) is 53.4 Å². The van der Waals surface area contributed by atoms with Crippen LogP contribution in [0.5, 0.6) is 0 Å². The molecule has 1 atom stereocenters. The van der Waals surface area contributed by atoms with Gasteiger partial charge in [0.2, 0.25) is 0 Å². The second kappa shape index (κ2) is 11.1. The minimum atomic E-state index is -0.402. The van der Waals surface area contributed by atoms with Crippen molar-refractivity contribution in [1.82, 2.24) is 4.90 Å². The predicted molar refractivity (Wildman–Crippen MR) is 122 cm³/mol. The van der Waals surface area contributed by atoms with Crippen molar-refractivity contribution in [3.8, 4) is 0 Å². The fourth-order valence-corrected chi connectivity index (χ4v) is 4.69. The molecule has 152 valence electrons. The summed E-state index contributed by atoms with van der Waals surface area (Å²) < 4.78 is 0. The minimum Gasteiger partial charge on any atom is -0.388 e. The second-order valence-corrected chi connectivity index (χ2v) is 8.93. The van der Waals surface area contributed by atoms with Crippen molar-refractivity contribution in [2.45, 2.75) is 37.2 Å². The van der Waals surface area contributed by atoms with Gasteiger partial charge in [0.05, 0.1) is 11.8 Å². The summed E-state index contributed by atoms with van der Waals surface area (Å²) in [5, 5.41) is 11.1. The van der Waals surface area contributed by atoms with Crippen molar-refractivity contribution in [3.63, 3.8) is 0 Å². The summed E-state index contributed by atoms with van der Waals surface area (Å²) in [4.78, 5) is 6.45. The average molecular weight is 419 g/mol. The highest BCUT2D eigenvalue weighted by Crippen LogP contribution is 2.31. The molecule has 3 rings (SSSR count). The molecule has 1 saturated heterocycles. The average Bonchev–Trinajstić information content (AvgIpc) is 2.73. The lowest BCUT2D eigenvalue weighted by Crippen LogP contribution is -2.46. The third kappa shape index (κ3) is 6.15. The molecular weight excluding hydrogens is 388 g/mol. The van der Waals surface area contributed by atoms with E-state index < -0.39 is 6.10 Å². The van der Waals surface area contributed by atoms with Gasteiger partial charge in [-0.05, 0) is 61.4 Å². The Bertz CT molecular complexity index is 717. The van der Waals surface area contributed by atoms with E-state index in [0.29, 0.717) is 5.02 Å². The van der Waals surface area contributed by atoms with E-state index in [1.54, 1.807) is 0 Å². The van der Waals surface area contributed by atoms with Crippen molar-refractivity contribution < 1.29 is 5.11 Å². The van der Waals surface area contributed by atoms with Crippen LogP contribution >= 0.6 is 23.4 Å². The molecule has 0 spiro atoms. The summed E-state index contributed by atoms with van der Waals surface area (Å²) in [6, 6.07) is 16.3. The second-order valence-electron chi connectivity index (χ2n) is 7.35. The number of rotatable bonds is 9. The lowest BCUT2D eigenvalue weighted by Gasteiger charge is -2.37. The molecule has 1 aliphatic rings. The maximum absolute atomic E-state index is 10.4. The van der Waals surface area contributed by atoms with Gasteiger partial charge in [-0.2, -0.15) is 0 Å². The van der Waals surface area contributed by atoms with E-state index in [9.17, 15) is 5.11 Å². The Balaban J connectivity index is 1.43. The lowest BCUT2D eigenvalue weighted by atomic mass is 10.0. The minimum absolute atomic E-state index is 0.402. The van der Waals surface area contributed by atoms with Crippen molar-refractivity contribution in [1.29, 1.82) is 0 Å². The van der Waals surface area contributed by atoms with E-state index in [1.807, 2.05) is 36.0 Å². The molecule has 0 aromatic heterocycles. The Morgan fingerprint density at radius 3 is 2.46 bits per heavy atom. The topological polar surface area (TPSA) is 26.7 Å². The number of aliphatic hydroxyl groups excluding tert-OH is 1. The number of nitrogens with zero attached hydrogens (tertiary/aromatic N) is 2. The fourth-order valence-electron chi connectivity index (χ4n) is 3.62. The molecule has 0 saturated carbocycles. The van der Waals surface area contributed by atoms with Gasteiger partial charge >= 0.3 is 0 Å². The lowest BCUT2D eigenvalue weighted by molar-refractivity contribution is 0.154. The maximum Gasteiger partial charge on any atom is 0.0790 e. The highest BCUT2D eigenvalue weighted by Gasteiger charge is 2.19. The number of aliphatic hydroxyl groups is 1. The van der Waals surface area contributed by atoms with Crippen molar-refractivity contribution in [3.05, 3.63) is 59.1 Å².